The number of hydrogen-bond donors (Lipinski definition) is 3. The Morgan fingerprint density at radius 3 is 2.58 bits per heavy atom. The Hall–Kier alpha value is -0.840. The number of nitrogens with two attached hydrogens (primary N) is 2. The first-order valence-electron chi connectivity index (χ1n) is 3.96. The summed E-state index contributed by atoms with van der Waals surface area (Å²) in [6.07, 6.45) is 2.77. The van der Waals surface area contributed by atoms with Crippen LogP contribution in [0.3, 0.4) is 0 Å². The lowest BCUT2D eigenvalue weighted by Gasteiger charge is -2.17. The van der Waals surface area contributed by atoms with Crippen LogP contribution in [-0.4, -0.2) is 17.1 Å². The minimum Gasteiger partial charge on any atom is -0.376 e. The van der Waals surface area contributed by atoms with Gasteiger partial charge in [-0.3, -0.25) is 4.79 Å². The van der Waals surface area contributed by atoms with E-state index in [-0.39, 0.29) is 23.0 Å². The molecule has 1 rings (SSSR count). The number of rotatable bonds is 2. The molecule has 0 heterocycles. The van der Waals surface area contributed by atoms with Crippen molar-refractivity contribution in [1.82, 2.24) is 5.32 Å². The molecule has 0 radical (unpaired) electrons. The summed E-state index contributed by atoms with van der Waals surface area (Å²) >= 11 is 4.69. The minimum atomic E-state index is -0.263. The maximum absolute atomic E-state index is 10.9. The number of carbonyl (C=O) groups is 1. The summed E-state index contributed by atoms with van der Waals surface area (Å²) in [5.41, 5.74) is 10.5. The van der Waals surface area contributed by atoms with Crippen LogP contribution in [0.25, 0.3) is 0 Å². The molecule has 1 aliphatic rings. The van der Waals surface area contributed by atoms with E-state index in [1.54, 1.807) is 0 Å². The summed E-state index contributed by atoms with van der Waals surface area (Å²) in [6.45, 7) is 0. The highest BCUT2D eigenvalue weighted by Crippen LogP contribution is 2.24. The summed E-state index contributed by atoms with van der Waals surface area (Å²) in [5, 5.41) is 3.13. The smallest absolute Gasteiger partial charge is 0.222 e. The molecular weight excluding hydrogens is 174 g/mol. The molecule has 1 fully saturated rings. The van der Waals surface area contributed by atoms with Gasteiger partial charge in [0.1, 0.15) is 0 Å². The van der Waals surface area contributed by atoms with E-state index in [2.05, 4.69) is 17.5 Å². The summed E-state index contributed by atoms with van der Waals surface area (Å²) in [5.74, 6) is -0.368. The Morgan fingerprint density at radius 2 is 2.08 bits per heavy atom. The predicted octanol–water partition coefficient (Wildman–Crippen LogP) is -0.526. The van der Waals surface area contributed by atoms with Crippen molar-refractivity contribution in [3.05, 3.63) is 0 Å². The quantitative estimate of drug-likeness (QED) is 0.508. The van der Waals surface area contributed by atoms with Gasteiger partial charge in [-0.1, -0.05) is 6.42 Å². The Bertz CT molecular complexity index is 207. The van der Waals surface area contributed by atoms with Crippen molar-refractivity contribution in [2.75, 3.05) is 0 Å². The fraction of sp³-hybridized carbons (Fsp3) is 0.714. The Kier molecular flexibility index (Phi) is 2.86. The zero-order valence-corrected chi connectivity index (χ0v) is 7.56. The molecule has 0 aromatic rings. The molecule has 68 valence electrons. The van der Waals surface area contributed by atoms with E-state index in [4.69, 9.17) is 11.5 Å². The van der Waals surface area contributed by atoms with E-state index in [1.807, 2.05) is 0 Å². The monoisotopic (exact) mass is 187 g/mol. The molecule has 4 nitrogen and oxygen atoms in total. The van der Waals surface area contributed by atoms with Crippen molar-refractivity contribution in [3.8, 4) is 0 Å². The van der Waals surface area contributed by atoms with Crippen molar-refractivity contribution in [2.24, 2.45) is 17.4 Å². The number of carbonyl (C=O) groups excluding carboxylic acids is 1. The van der Waals surface area contributed by atoms with E-state index in [1.165, 1.54) is 0 Å². The van der Waals surface area contributed by atoms with Gasteiger partial charge in [-0.25, -0.2) is 0 Å². The van der Waals surface area contributed by atoms with Gasteiger partial charge in [-0.2, -0.15) is 0 Å². The van der Waals surface area contributed by atoms with Gasteiger partial charge in [0.2, 0.25) is 5.91 Å². The summed E-state index contributed by atoms with van der Waals surface area (Å²) < 4.78 is 0. The Balaban J connectivity index is 2.52. The molecule has 2 atom stereocenters. The topological polar surface area (TPSA) is 81.1 Å². The fourth-order valence-electron chi connectivity index (χ4n) is 1.66. The Labute approximate surface area is 76.7 Å². The summed E-state index contributed by atoms with van der Waals surface area (Å²) in [4.78, 5) is 10.9. The standard InChI is InChI=1S/C7H13N3OS/c8-6(11)4-2-1-3-5(4)10-7(9)12/h4-5H,1-3H2,(H2,8,11)(H3,9,10,12). The molecule has 0 aromatic carbocycles. The second-order valence-electron chi connectivity index (χ2n) is 3.05. The molecule has 0 aliphatic heterocycles. The molecule has 0 saturated heterocycles. The highest BCUT2D eigenvalue weighted by Gasteiger charge is 2.31. The van der Waals surface area contributed by atoms with E-state index in [9.17, 15) is 4.79 Å². The second-order valence-corrected chi connectivity index (χ2v) is 3.49. The lowest BCUT2D eigenvalue weighted by atomic mass is 10.0. The molecule has 5 heteroatoms. The average molecular weight is 187 g/mol. The maximum atomic E-state index is 10.9. The first-order valence-corrected chi connectivity index (χ1v) is 4.37. The molecule has 0 spiro atoms. The van der Waals surface area contributed by atoms with Crippen molar-refractivity contribution in [1.29, 1.82) is 0 Å². The van der Waals surface area contributed by atoms with Gasteiger partial charge in [0.25, 0.3) is 0 Å². The molecular formula is C7H13N3OS. The van der Waals surface area contributed by atoms with E-state index in [0.717, 1.165) is 19.3 Å². The zero-order chi connectivity index (χ0) is 9.14. The van der Waals surface area contributed by atoms with Gasteiger partial charge in [-0.15, -0.1) is 0 Å². The molecule has 1 aliphatic carbocycles. The van der Waals surface area contributed by atoms with E-state index >= 15 is 0 Å². The fourth-order valence-corrected chi connectivity index (χ4v) is 1.81. The molecule has 1 saturated carbocycles. The number of amides is 1. The van der Waals surface area contributed by atoms with Crippen LogP contribution in [-0.2, 0) is 4.79 Å². The highest BCUT2D eigenvalue weighted by atomic mass is 32.1. The average Bonchev–Trinajstić information content (AvgIpc) is 2.33. The van der Waals surface area contributed by atoms with Crippen molar-refractivity contribution >= 4 is 23.2 Å². The van der Waals surface area contributed by atoms with Gasteiger partial charge >= 0.3 is 0 Å². The third kappa shape index (κ3) is 2.07. The van der Waals surface area contributed by atoms with Crippen LogP contribution in [0.5, 0.6) is 0 Å². The van der Waals surface area contributed by atoms with Crippen LogP contribution in [0.15, 0.2) is 0 Å². The van der Waals surface area contributed by atoms with Gasteiger partial charge in [0.15, 0.2) is 5.11 Å². The Morgan fingerprint density at radius 1 is 1.42 bits per heavy atom. The van der Waals surface area contributed by atoms with Crippen LogP contribution in [0.4, 0.5) is 0 Å². The van der Waals surface area contributed by atoms with Crippen LogP contribution >= 0.6 is 12.2 Å². The van der Waals surface area contributed by atoms with Gasteiger partial charge in [0.05, 0.1) is 5.92 Å². The van der Waals surface area contributed by atoms with Crippen molar-refractivity contribution in [2.45, 2.75) is 25.3 Å². The minimum absolute atomic E-state index is 0.0556. The van der Waals surface area contributed by atoms with Gasteiger partial charge in [-0.05, 0) is 25.1 Å². The van der Waals surface area contributed by atoms with Crippen LogP contribution in [0.1, 0.15) is 19.3 Å². The van der Waals surface area contributed by atoms with Crippen LogP contribution in [0.2, 0.25) is 0 Å². The van der Waals surface area contributed by atoms with Gasteiger partial charge in [0, 0.05) is 6.04 Å². The second kappa shape index (κ2) is 3.71. The predicted molar refractivity (Wildman–Crippen MR) is 50.2 cm³/mol. The molecule has 2 unspecified atom stereocenters. The lowest BCUT2D eigenvalue weighted by Crippen LogP contribution is -2.44. The van der Waals surface area contributed by atoms with Crippen LogP contribution in [0, 0.1) is 5.92 Å². The number of thiocarbonyl (C=S) groups is 1. The van der Waals surface area contributed by atoms with Crippen molar-refractivity contribution in [3.63, 3.8) is 0 Å². The molecule has 0 bridgehead atoms. The molecule has 12 heavy (non-hydrogen) atoms. The molecule has 5 N–H and O–H groups in total. The summed E-state index contributed by atoms with van der Waals surface area (Å²) in [6, 6.07) is 0.0556. The first kappa shape index (κ1) is 9.25. The summed E-state index contributed by atoms with van der Waals surface area (Å²) in [7, 11) is 0. The van der Waals surface area contributed by atoms with Gasteiger partial charge < -0.3 is 16.8 Å². The number of nitrogens with one attached hydrogen (secondary N) is 1. The van der Waals surface area contributed by atoms with Crippen molar-refractivity contribution < 1.29 is 4.79 Å². The van der Waals surface area contributed by atoms with Crippen LogP contribution < -0.4 is 16.8 Å². The van der Waals surface area contributed by atoms with E-state index in [0.29, 0.717) is 0 Å². The number of hydrogen-bond acceptors (Lipinski definition) is 2. The zero-order valence-electron chi connectivity index (χ0n) is 6.75. The lowest BCUT2D eigenvalue weighted by molar-refractivity contribution is -0.122. The van der Waals surface area contributed by atoms with E-state index < -0.39 is 0 Å². The maximum Gasteiger partial charge on any atom is 0.222 e. The first-order chi connectivity index (χ1) is 5.61. The third-order valence-electron chi connectivity index (χ3n) is 2.21. The molecule has 0 aromatic heterocycles. The largest absolute Gasteiger partial charge is 0.376 e. The number of primary amides is 1. The highest BCUT2D eigenvalue weighted by molar-refractivity contribution is 7.80. The SMILES string of the molecule is NC(=O)C1CCCC1NC(N)=S. The third-order valence-corrected chi connectivity index (χ3v) is 2.33. The molecule has 1 amide bonds. The normalized spacial score (nSPS) is 28.3.